The fraction of sp³-hybridized carbons (Fsp3) is 1.00. The third-order valence-electron chi connectivity index (χ3n) is 4.19. The molecule has 1 aliphatic heterocycles. The first-order valence-electron chi connectivity index (χ1n) is 7.49. The van der Waals surface area contributed by atoms with Crippen molar-refractivity contribution in [1.29, 1.82) is 0 Å². The normalized spacial score (nSPS) is 17.7. The summed E-state index contributed by atoms with van der Waals surface area (Å²) < 4.78 is 1.21. The van der Waals surface area contributed by atoms with Crippen LogP contribution in [0.15, 0.2) is 0 Å². The van der Waals surface area contributed by atoms with Gasteiger partial charge in [-0.1, -0.05) is 25.7 Å². The third-order valence-corrected chi connectivity index (χ3v) is 4.51. The van der Waals surface area contributed by atoms with E-state index in [2.05, 4.69) is 12.6 Å². The van der Waals surface area contributed by atoms with Gasteiger partial charge in [-0.3, -0.25) is 5.73 Å². The van der Waals surface area contributed by atoms with Crippen LogP contribution in [0.4, 0.5) is 0 Å². The summed E-state index contributed by atoms with van der Waals surface area (Å²) in [7, 11) is 0. The maximum atomic E-state index is 5.93. The first-order valence-corrected chi connectivity index (χ1v) is 8.12. The Labute approximate surface area is 129 Å². The molecular formula is C14H31BrN2S. The van der Waals surface area contributed by atoms with Gasteiger partial charge in [-0.15, -0.1) is 0 Å². The Morgan fingerprint density at radius 1 is 0.833 bits per heavy atom. The molecule has 2 N–H and O–H groups in total. The van der Waals surface area contributed by atoms with Crippen molar-refractivity contribution in [3.63, 3.8) is 0 Å². The van der Waals surface area contributed by atoms with E-state index < -0.39 is 0 Å². The average molecular weight is 339 g/mol. The predicted molar refractivity (Wildman–Crippen MR) is 79.3 cm³/mol. The van der Waals surface area contributed by atoms with E-state index in [9.17, 15) is 0 Å². The van der Waals surface area contributed by atoms with Crippen molar-refractivity contribution in [2.75, 3.05) is 32.1 Å². The summed E-state index contributed by atoms with van der Waals surface area (Å²) in [5, 5.41) is 0. The predicted octanol–water partition coefficient (Wildman–Crippen LogP) is 0.178. The van der Waals surface area contributed by atoms with Gasteiger partial charge >= 0.3 is 0 Å². The number of halogens is 1. The van der Waals surface area contributed by atoms with Gasteiger partial charge in [0.25, 0.3) is 0 Å². The zero-order valence-corrected chi connectivity index (χ0v) is 14.2. The minimum Gasteiger partial charge on any atom is -1.00 e. The highest BCUT2D eigenvalue weighted by Gasteiger charge is 2.29. The number of hydrogen-bond donors (Lipinski definition) is 2. The number of rotatable bonds is 10. The van der Waals surface area contributed by atoms with Crippen LogP contribution in [0.3, 0.4) is 0 Å². The smallest absolute Gasteiger partial charge is 0.130 e. The quantitative estimate of drug-likeness (QED) is 0.331. The number of unbranched alkanes of at least 4 members (excludes halogenated alkanes) is 6. The molecule has 0 amide bonds. The molecule has 1 heterocycles. The van der Waals surface area contributed by atoms with Gasteiger partial charge in [-0.2, -0.15) is 12.6 Å². The second kappa shape index (κ2) is 11.6. The topological polar surface area (TPSA) is 26.0 Å². The minimum absolute atomic E-state index is 0. The van der Waals surface area contributed by atoms with Gasteiger partial charge in [0.1, 0.15) is 6.67 Å². The summed E-state index contributed by atoms with van der Waals surface area (Å²) >= 11 is 4.23. The number of quaternary nitrogens is 1. The number of likely N-dealkylation sites (tertiary alicyclic amines) is 1. The molecule has 0 atom stereocenters. The standard InChI is InChI=1S/C14H30N2S.BrH/c15-14-16(11-7-8-12-16)10-6-4-2-1-3-5-9-13-17;/h1-15H2;1H. The second-order valence-corrected chi connectivity index (χ2v) is 6.05. The maximum Gasteiger partial charge on any atom is 0.130 e. The van der Waals surface area contributed by atoms with E-state index in [-0.39, 0.29) is 17.0 Å². The molecule has 2 nitrogen and oxygen atoms in total. The third kappa shape index (κ3) is 7.37. The highest BCUT2D eigenvalue weighted by molar-refractivity contribution is 7.80. The Morgan fingerprint density at radius 3 is 1.83 bits per heavy atom. The molecule has 0 aromatic carbocycles. The van der Waals surface area contributed by atoms with Crippen LogP contribution in [0.5, 0.6) is 0 Å². The van der Waals surface area contributed by atoms with Crippen molar-refractivity contribution >= 4 is 12.6 Å². The summed E-state index contributed by atoms with van der Waals surface area (Å²) in [6.45, 7) is 4.85. The summed E-state index contributed by atoms with van der Waals surface area (Å²) in [4.78, 5) is 0. The Balaban J connectivity index is 0.00000289. The van der Waals surface area contributed by atoms with Gasteiger partial charge in [0.2, 0.25) is 0 Å². The number of thiol groups is 1. The van der Waals surface area contributed by atoms with E-state index in [1.165, 1.54) is 81.9 Å². The Hall–Kier alpha value is 0.750. The molecule has 0 aromatic rings. The molecule has 18 heavy (non-hydrogen) atoms. The molecule has 4 heteroatoms. The van der Waals surface area contributed by atoms with Crippen LogP contribution in [0.2, 0.25) is 0 Å². The summed E-state index contributed by atoms with van der Waals surface area (Å²) in [6.07, 6.45) is 12.4. The molecule has 0 aliphatic carbocycles. The van der Waals surface area contributed by atoms with Crippen molar-refractivity contribution in [3.8, 4) is 0 Å². The highest BCUT2D eigenvalue weighted by Crippen LogP contribution is 2.19. The van der Waals surface area contributed by atoms with Crippen molar-refractivity contribution < 1.29 is 21.5 Å². The SMILES string of the molecule is NC[N+]1(CCCCCCCCCS)CCCC1.[Br-]. The lowest BCUT2D eigenvalue weighted by Gasteiger charge is -2.32. The van der Waals surface area contributed by atoms with Crippen LogP contribution in [0.25, 0.3) is 0 Å². The fourth-order valence-electron chi connectivity index (χ4n) is 2.95. The monoisotopic (exact) mass is 338 g/mol. The first-order chi connectivity index (χ1) is 8.33. The zero-order chi connectivity index (χ0) is 12.4. The second-order valence-electron chi connectivity index (χ2n) is 5.60. The molecule has 0 unspecified atom stereocenters. The number of nitrogens with two attached hydrogens (primary N) is 1. The summed E-state index contributed by atoms with van der Waals surface area (Å²) in [6, 6.07) is 0. The van der Waals surface area contributed by atoms with E-state index in [0.717, 1.165) is 12.4 Å². The van der Waals surface area contributed by atoms with E-state index in [4.69, 9.17) is 5.73 Å². The molecule has 0 spiro atoms. The van der Waals surface area contributed by atoms with Crippen LogP contribution in [0, 0.1) is 0 Å². The average Bonchev–Trinajstić information content (AvgIpc) is 2.82. The van der Waals surface area contributed by atoms with Crippen LogP contribution < -0.4 is 22.7 Å². The minimum atomic E-state index is 0. The lowest BCUT2D eigenvalue weighted by atomic mass is 10.1. The van der Waals surface area contributed by atoms with Gasteiger partial charge in [0, 0.05) is 12.8 Å². The van der Waals surface area contributed by atoms with Gasteiger partial charge < -0.3 is 21.5 Å². The largest absolute Gasteiger partial charge is 1.00 e. The van der Waals surface area contributed by atoms with Crippen LogP contribution in [-0.2, 0) is 0 Å². The van der Waals surface area contributed by atoms with E-state index in [1.807, 2.05) is 0 Å². The molecule has 1 saturated heterocycles. The van der Waals surface area contributed by atoms with Crippen LogP contribution in [0.1, 0.15) is 57.8 Å². The molecule has 1 rings (SSSR count). The van der Waals surface area contributed by atoms with Gasteiger partial charge in [0.15, 0.2) is 0 Å². The Kier molecular flexibility index (Phi) is 12.0. The summed E-state index contributed by atoms with van der Waals surface area (Å²) in [5.74, 6) is 1.05. The molecular weight excluding hydrogens is 308 g/mol. The lowest BCUT2D eigenvalue weighted by molar-refractivity contribution is -0.916. The summed E-state index contributed by atoms with van der Waals surface area (Å²) in [5.41, 5.74) is 5.93. The van der Waals surface area contributed by atoms with Crippen LogP contribution in [-0.4, -0.2) is 36.5 Å². The number of hydrogen-bond acceptors (Lipinski definition) is 2. The van der Waals surface area contributed by atoms with E-state index >= 15 is 0 Å². The fourth-order valence-corrected chi connectivity index (χ4v) is 3.17. The lowest BCUT2D eigenvalue weighted by Crippen LogP contribution is -3.00. The van der Waals surface area contributed by atoms with Crippen LogP contribution >= 0.6 is 12.6 Å². The molecule has 1 aliphatic rings. The van der Waals surface area contributed by atoms with E-state index in [0.29, 0.717) is 0 Å². The van der Waals surface area contributed by atoms with Gasteiger partial charge in [-0.25, -0.2) is 0 Å². The zero-order valence-electron chi connectivity index (χ0n) is 11.7. The van der Waals surface area contributed by atoms with Crippen molar-refractivity contribution in [1.82, 2.24) is 0 Å². The molecule has 0 radical (unpaired) electrons. The van der Waals surface area contributed by atoms with Crippen molar-refractivity contribution in [2.45, 2.75) is 57.8 Å². The van der Waals surface area contributed by atoms with E-state index in [1.54, 1.807) is 0 Å². The molecule has 110 valence electrons. The maximum absolute atomic E-state index is 5.93. The van der Waals surface area contributed by atoms with Crippen molar-refractivity contribution in [2.24, 2.45) is 5.73 Å². The molecule has 1 fully saturated rings. The molecule has 0 bridgehead atoms. The Bertz CT molecular complexity index is 185. The Morgan fingerprint density at radius 2 is 1.33 bits per heavy atom. The van der Waals surface area contributed by atoms with Gasteiger partial charge in [-0.05, 0) is 25.0 Å². The molecule has 0 aromatic heterocycles. The highest BCUT2D eigenvalue weighted by atomic mass is 79.9. The van der Waals surface area contributed by atoms with Crippen molar-refractivity contribution in [3.05, 3.63) is 0 Å². The van der Waals surface area contributed by atoms with Gasteiger partial charge in [0.05, 0.1) is 19.6 Å². The number of nitrogens with zero attached hydrogens (tertiary/aromatic N) is 1. The first kappa shape index (κ1) is 18.8. The molecule has 0 saturated carbocycles.